The normalized spacial score (nSPS) is 17.9. The Morgan fingerprint density at radius 3 is 2.56 bits per heavy atom. The van der Waals surface area contributed by atoms with E-state index >= 15 is 0 Å². The third-order valence-corrected chi connectivity index (χ3v) is 3.89. The van der Waals surface area contributed by atoms with Crippen molar-refractivity contribution in [3.63, 3.8) is 0 Å². The number of phenols is 1. The average Bonchev–Trinajstić information content (AvgIpc) is 2.84. The summed E-state index contributed by atoms with van der Waals surface area (Å²) in [6.07, 6.45) is 4.28. The number of aromatic carboxylic acids is 1. The Morgan fingerprint density at radius 1 is 1.39 bits per heavy atom. The number of hydrogen-bond donors (Lipinski definition) is 3. The largest absolute Gasteiger partial charge is 0.507 e. The van der Waals surface area contributed by atoms with Crippen molar-refractivity contribution >= 4 is 5.97 Å². The lowest BCUT2D eigenvalue weighted by atomic mass is 9.87. The molecule has 4 heteroatoms. The minimum atomic E-state index is -1.03. The van der Waals surface area contributed by atoms with Crippen LogP contribution in [0.4, 0.5) is 0 Å². The number of benzene rings is 1. The number of aryl methyl sites for hydroxylation is 1. The first kappa shape index (κ1) is 12.9. The Balaban J connectivity index is 2.46. The van der Waals surface area contributed by atoms with Crippen molar-refractivity contribution in [2.45, 2.75) is 38.6 Å². The molecule has 0 unspecified atom stereocenters. The smallest absolute Gasteiger partial charge is 0.336 e. The third-order valence-electron chi connectivity index (χ3n) is 3.89. The summed E-state index contributed by atoms with van der Waals surface area (Å²) in [5.41, 5.74) is 7.38. The van der Waals surface area contributed by atoms with Gasteiger partial charge in [0.15, 0.2) is 0 Å². The highest BCUT2D eigenvalue weighted by atomic mass is 16.4. The van der Waals surface area contributed by atoms with Gasteiger partial charge in [0.25, 0.3) is 0 Å². The van der Waals surface area contributed by atoms with Gasteiger partial charge in [0, 0.05) is 11.6 Å². The van der Waals surface area contributed by atoms with E-state index in [1.165, 1.54) is 6.07 Å². The van der Waals surface area contributed by atoms with Crippen LogP contribution in [0.25, 0.3) is 0 Å². The molecule has 1 aromatic rings. The number of rotatable bonds is 3. The summed E-state index contributed by atoms with van der Waals surface area (Å²) < 4.78 is 0. The van der Waals surface area contributed by atoms with Gasteiger partial charge in [-0.15, -0.1) is 0 Å². The van der Waals surface area contributed by atoms with Crippen molar-refractivity contribution in [2.24, 2.45) is 11.7 Å². The average molecular weight is 249 g/mol. The molecule has 0 radical (unpaired) electrons. The maximum Gasteiger partial charge on any atom is 0.336 e. The van der Waals surface area contributed by atoms with Gasteiger partial charge in [-0.3, -0.25) is 0 Å². The van der Waals surface area contributed by atoms with E-state index in [2.05, 4.69) is 0 Å². The molecular weight excluding hydrogens is 230 g/mol. The fraction of sp³-hybridized carbons (Fsp3) is 0.500. The second-order valence-corrected chi connectivity index (χ2v) is 5.07. The lowest BCUT2D eigenvalue weighted by Crippen LogP contribution is -2.22. The molecule has 98 valence electrons. The number of carboxylic acid groups (broad SMARTS) is 1. The predicted octanol–water partition coefficient (Wildman–Crippen LogP) is 2.59. The Morgan fingerprint density at radius 2 is 2.00 bits per heavy atom. The highest BCUT2D eigenvalue weighted by molar-refractivity contribution is 5.90. The van der Waals surface area contributed by atoms with Crippen molar-refractivity contribution in [3.8, 4) is 5.75 Å². The van der Waals surface area contributed by atoms with E-state index in [1.807, 2.05) is 0 Å². The predicted molar refractivity (Wildman–Crippen MR) is 68.7 cm³/mol. The van der Waals surface area contributed by atoms with E-state index < -0.39 is 12.0 Å². The monoisotopic (exact) mass is 249 g/mol. The number of phenolic OH excluding ortho intramolecular Hbond substituents is 1. The van der Waals surface area contributed by atoms with Crippen LogP contribution in [-0.4, -0.2) is 16.2 Å². The van der Waals surface area contributed by atoms with Gasteiger partial charge >= 0.3 is 5.97 Å². The van der Waals surface area contributed by atoms with Crippen molar-refractivity contribution in [3.05, 3.63) is 28.8 Å². The molecular formula is C14H19NO3. The molecule has 1 saturated carbocycles. The minimum absolute atomic E-state index is 0.0364. The molecule has 0 bridgehead atoms. The summed E-state index contributed by atoms with van der Waals surface area (Å²) >= 11 is 0. The van der Waals surface area contributed by atoms with Crippen LogP contribution < -0.4 is 5.73 Å². The molecule has 2 rings (SSSR count). The Labute approximate surface area is 106 Å². The molecule has 18 heavy (non-hydrogen) atoms. The molecule has 1 aromatic carbocycles. The van der Waals surface area contributed by atoms with E-state index in [0.717, 1.165) is 25.7 Å². The molecule has 4 N–H and O–H groups in total. The van der Waals surface area contributed by atoms with Crippen molar-refractivity contribution < 1.29 is 15.0 Å². The van der Waals surface area contributed by atoms with Crippen LogP contribution in [0.2, 0.25) is 0 Å². The Kier molecular flexibility index (Phi) is 3.57. The van der Waals surface area contributed by atoms with Crippen LogP contribution in [-0.2, 0) is 0 Å². The molecule has 1 aliphatic rings. The van der Waals surface area contributed by atoms with Crippen LogP contribution in [0.15, 0.2) is 12.1 Å². The second kappa shape index (κ2) is 4.98. The van der Waals surface area contributed by atoms with Gasteiger partial charge < -0.3 is 15.9 Å². The van der Waals surface area contributed by atoms with Gasteiger partial charge in [-0.2, -0.15) is 0 Å². The first-order valence-corrected chi connectivity index (χ1v) is 6.33. The first-order valence-electron chi connectivity index (χ1n) is 6.33. The molecule has 4 nitrogen and oxygen atoms in total. The van der Waals surface area contributed by atoms with E-state index in [1.54, 1.807) is 13.0 Å². The number of hydrogen-bond acceptors (Lipinski definition) is 3. The third kappa shape index (κ3) is 2.20. The topological polar surface area (TPSA) is 83.5 Å². The van der Waals surface area contributed by atoms with Crippen LogP contribution in [0.3, 0.4) is 0 Å². The van der Waals surface area contributed by atoms with Gasteiger partial charge in [0.2, 0.25) is 0 Å². The SMILES string of the molecule is Cc1ccc(C(=O)O)c([C@H](N)C2CCCC2)c1O. The summed E-state index contributed by atoms with van der Waals surface area (Å²) in [4.78, 5) is 11.2. The highest BCUT2D eigenvalue weighted by Gasteiger charge is 2.29. The Bertz CT molecular complexity index is 464. The van der Waals surface area contributed by atoms with Crippen molar-refractivity contribution in [2.75, 3.05) is 0 Å². The van der Waals surface area contributed by atoms with Crippen molar-refractivity contribution in [1.82, 2.24) is 0 Å². The number of carboxylic acids is 1. The lowest BCUT2D eigenvalue weighted by molar-refractivity contribution is 0.0694. The number of carbonyl (C=O) groups is 1. The first-order chi connectivity index (χ1) is 8.52. The van der Waals surface area contributed by atoms with Gasteiger partial charge in [-0.25, -0.2) is 4.79 Å². The van der Waals surface area contributed by atoms with Crippen LogP contribution in [0.1, 0.15) is 53.2 Å². The summed E-state index contributed by atoms with van der Waals surface area (Å²) in [5.74, 6) is -0.723. The molecule has 0 aromatic heterocycles. The summed E-state index contributed by atoms with van der Waals surface area (Å²) in [5, 5.41) is 19.3. The maximum absolute atomic E-state index is 11.2. The molecule has 1 atom stereocenters. The molecule has 0 spiro atoms. The lowest BCUT2D eigenvalue weighted by Gasteiger charge is -2.22. The molecule has 0 amide bonds. The van der Waals surface area contributed by atoms with E-state index in [-0.39, 0.29) is 17.2 Å². The number of nitrogens with two attached hydrogens (primary N) is 1. The van der Waals surface area contributed by atoms with E-state index in [0.29, 0.717) is 11.1 Å². The summed E-state index contributed by atoms with van der Waals surface area (Å²) in [6.45, 7) is 1.76. The van der Waals surface area contributed by atoms with Crippen LogP contribution in [0, 0.1) is 12.8 Å². The van der Waals surface area contributed by atoms with Gasteiger partial charge in [-0.1, -0.05) is 18.9 Å². The summed E-state index contributed by atoms with van der Waals surface area (Å²) in [7, 11) is 0. The summed E-state index contributed by atoms with van der Waals surface area (Å²) in [6, 6.07) is 2.75. The fourth-order valence-electron chi connectivity index (χ4n) is 2.79. The Hall–Kier alpha value is -1.55. The van der Waals surface area contributed by atoms with Crippen molar-refractivity contribution in [1.29, 1.82) is 0 Å². The van der Waals surface area contributed by atoms with E-state index in [9.17, 15) is 15.0 Å². The fourth-order valence-corrected chi connectivity index (χ4v) is 2.79. The van der Waals surface area contributed by atoms with E-state index in [4.69, 9.17) is 5.73 Å². The molecule has 0 aliphatic heterocycles. The number of aromatic hydroxyl groups is 1. The van der Waals surface area contributed by atoms with Crippen LogP contribution >= 0.6 is 0 Å². The zero-order chi connectivity index (χ0) is 13.3. The van der Waals surface area contributed by atoms with Gasteiger partial charge in [0.1, 0.15) is 5.75 Å². The highest BCUT2D eigenvalue weighted by Crippen LogP contribution is 2.39. The second-order valence-electron chi connectivity index (χ2n) is 5.07. The standard InChI is InChI=1S/C14H19NO3/c1-8-6-7-10(14(17)18)11(13(8)16)12(15)9-4-2-3-5-9/h6-7,9,12,16H,2-5,15H2,1H3,(H,17,18)/t12-/m1/s1. The van der Waals surface area contributed by atoms with Gasteiger partial charge in [0.05, 0.1) is 5.56 Å². The van der Waals surface area contributed by atoms with Crippen LogP contribution in [0.5, 0.6) is 5.75 Å². The molecule has 0 heterocycles. The molecule has 0 saturated heterocycles. The molecule has 1 fully saturated rings. The minimum Gasteiger partial charge on any atom is -0.507 e. The quantitative estimate of drug-likeness (QED) is 0.768. The molecule has 1 aliphatic carbocycles. The zero-order valence-electron chi connectivity index (χ0n) is 10.5. The zero-order valence-corrected chi connectivity index (χ0v) is 10.5. The van der Waals surface area contributed by atoms with Gasteiger partial charge in [-0.05, 0) is 37.3 Å². The maximum atomic E-state index is 11.2.